The standard InChI is InChI=1S/C44H50N4O7/c49-29-30-13-15-33(16-14-30)40-26-37(28-47-23-21-36(22-24-47)48-39-10-5-4-9-38(39)46-44(48)53)54-43(55-40)34-19-17-32(18-20-34)35-8-6-7-31(25-35)27-45-41(50)11-2-1-3-12-42(51)52/h4-10,13-20,25,36-37,40,43,49H,1-3,11-12,21-24,26-29H2,(H,45,50)(H,46,53)(H,51,52)/t37-,40+,43+/m1/s1. The molecule has 0 aliphatic carbocycles. The summed E-state index contributed by atoms with van der Waals surface area (Å²) in [5.74, 6) is -0.842. The van der Waals surface area contributed by atoms with Gasteiger partial charge in [0.1, 0.15) is 0 Å². The van der Waals surface area contributed by atoms with Crippen molar-refractivity contribution < 1.29 is 29.3 Å². The fourth-order valence-corrected chi connectivity index (χ4v) is 7.84. The predicted molar refractivity (Wildman–Crippen MR) is 210 cm³/mol. The van der Waals surface area contributed by atoms with Gasteiger partial charge in [-0.15, -0.1) is 0 Å². The van der Waals surface area contributed by atoms with Crippen molar-refractivity contribution in [2.24, 2.45) is 0 Å². The highest BCUT2D eigenvalue weighted by atomic mass is 16.7. The van der Waals surface area contributed by atoms with Crippen LogP contribution in [0.5, 0.6) is 0 Å². The molecule has 11 heteroatoms. The third kappa shape index (κ3) is 9.79. The topological polar surface area (TPSA) is 146 Å². The summed E-state index contributed by atoms with van der Waals surface area (Å²) in [6, 6.07) is 32.3. The molecule has 1 amide bonds. The number of para-hydroxylation sites is 2. The van der Waals surface area contributed by atoms with E-state index in [9.17, 15) is 19.5 Å². The van der Waals surface area contributed by atoms with Crippen LogP contribution in [-0.2, 0) is 32.2 Å². The summed E-state index contributed by atoms with van der Waals surface area (Å²) >= 11 is 0. The molecule has 55 heavy (non-hydrogen) atoms. The number of unbranched alkanes of at least 4 members (excludes halogenated alkanes) is 2. The van der Waals surface area contributed by atoms with E-state index in [2.05, 4.69) is 51.6 Å². The van der Waals surface area contributed by atoms with Gasteiger partial charge < -0.3 is 34.9 Å². The number of piperidine rings is 1. The summed E-state index contributed by atoms with van der Waals surface area (Å²) in [6.45, 7) is 2.90. The second kappa shape index (κ2) is 18.0. The molecule has 2 aliphatic rings. The molecule has 4 aromatic carbocycles. The van der Waals surface area contributed by atoms with Crippen molar-refractivity contribution in [3.05, 3.63) is 130 Å². The minimum absolute atomic E-state index is 0.0116. The normalized spacial score (nSPS) is 19.4. The van der Waals surface area contributed by atoms with Crippen LogP contribution in [0.3, 0.4) is 0 Å². The first-order chi connectivity index (χ1) is 26.8. The Morgan fingerprint density at radius 3 is 2.31 bits per heavy atom. The van der Waals surface area contributed by atoms with E-state index in [0.717, 1.165) is 83.3 Å². The molecular weight excluding hydrogens is 697 g/mol. The number of aromatic nitrogens is 2. The zero-order valence-electron chi connectivity index (χ0n) is 31.1. The van der Waals surface area contributed by atoms with Crippen molar-refractivity contribution in [3.8, 4) is 11.1 Å². The fourth-order valence-electron chi connectivity index (χ4n) is 7.84. The number of likely N-dealkylation sites (tertiary alicyclic amines) is 1. The highest BCUT2D eigenvalue weighted by Gasteiger charge is 2.34. The molecule has 3 atom stereocenters. The number of carbonyl (C=O) groups excluding carboxylic acids is 1. The Kier molecular flexibility index (Phi) is 12.5. The van der Waals surface area contributed by atoms with Gasteiger partial charge in [0.15, 0.2) is 6.29 Å². The number of nitrogens with zero attached hydrogens (tertiary/aromatic N) is 2. The predicted octanol–water partition coefficient (Wildman–Crippen LogP) is 7.02. The fraction of sp³-hybridized carbons (Fsp3) is 0.386. The van der Waals surface area contributed by atoms with Crippen molar-refractivity contribution >= 4 is 22.9 Å². The Labute approximate surface area is 320 Å². The molecule has 4 N–H and O–H groups in total. The van der Waals surface area contributed by atoms with Crippen molar-refractivity contribution in [1.29, 1.82) is 0 Å². The van der Waals surface area contributed by atoms with E-state index in [0.29, 0.717) is 32.2 Å². The molecule has 3 heterocycles. The van der Waals surface area contributed by atoms with Gasteiger partial charge in [0, 0.05) is 57.0 Å². The number of aromatic amines is 1. The average molecular weight is 747 g/mol. The number of hydrogen-bond acceptors (Lipinski definition) is 7. The Bertz CT molecular complexity index is 2100. The van der Waals surface area contributed by atoms with Crippen LogP contribution in [0.25, 0.3) is 22.2 Å². The number of benzene rings is 4. The van der Waals surface area contributed by atoms with Crippen LogP contribution in [0.4, 0.5) is 0 Å². The van der Waals surface area contributed by atoms with E-state index in [1.165, 1.54) is 0 Å². The number of aliphatic hydroxyl groups excluding tert-OH is 1. The van der Waals surface area contributed by atoms with Crippen LogP contribution < -0.4 is 11.0 Å². The summed E-state index contributed by atoms with van der Waals surface area (Å²) in [6.07, 6.45) is 4.12. The number of H-pyrrole nitrogens is 1. The van der Waals surface area contributed by atoms with Gasteiger partial charge in [-0.05, 0) is 71.7 Å². The number of aliphatic carboxylic acids is 1. The number of nitrogens with one attached hydrogen (secondary N) is 2. The zero-order valence-corrected chi connectivity index (χ0v) is 31.1. The summed E-state index contributed by atoms with van der Waals surface area (Å²) in [4.78, 5) is 41.4. The van der Waals surface area contributed by atoms with E-state index >= 15 is 0 Å². The molecule has 11 nitrogen and oxygen atoms in total. The second-order valence-corrected chi connectivity index (χ2v) is 14.8. The van der Waals surface area contributed by atoms with Gasteiger partial charge in [-0.25, -0.2) is 4.79 Å². The van der Waals surface area contributed by atoms with Gasteiger partial charge >= 0.3 is 11.7 Å². The van der Waals surface area contributed by atoms with Crippen molar-refractivity contribution in [2.75, 3.05) is 19.6 Å². The highest BCUT2D eigenvalue weighted by Crippen LogP contribution is 2.39. The third-order valence-corrected chi connectivity index (χ3v) is 10.9. The first-order valence-electron chi connectivity index (χ1n) is 19.4. The molecule has 0 spiro atoms. The smallest absolute Gasteiger partial charge is 0.326 e. The maximum absolute atomic E-state index is 12.9. The monoisotopic (exact) mass is 746 g/mol. The zero-order chi connectivity index (χ0) is 38.1. The van der Waals surface area contributed by atoms with Gasteiger partial charge in [-0.1, -0.05) is 85.3 Å². The van der Waals surface area contributed by atoms with E-state index in [1.807, 2.05) is 65.2 Å². The van der Waals surface area contributed by atoms with Crippen molar-refractivity contribution in [1.82, 2.24) is 19.8 Å². The van der Waals surface area contributed by atoms with Crippen LogP contribution in [0, 0.1) is 0 Å². The second-order valence-electron chi connectivity index (χ2n) is 14.8. The first kappa shape index (κ1) is 38.2. The first-order valence-corrected chi connectivity index (χ1v) is 19.4. The lowest BCUT2D eigenvalue weighted by Crippen LogP contribution is -2.43. The number of fused-ring (bicyclic) bond motifs is 1. The Morgan fingerprint density at radius 1 is 0.800 bits per heavy atom. The van der Waals surface area contributed by atoms with E-state index in [-0.39, 0.29) is 42.9 Å². The number of aliphatic hydroxyl groups is 1. The van der Waals surface area contributed by atoms with Crippen LogP contribution in [0.1, 0.15) is 92.1 Å². The molecule has 0 bridgehead atoms. The van der Waals surface area contributed by atoms with Gasteiger partial charge in [0.2, 0.25) is 5.91 Å². The summed E-state index contributed by atoms with van der Waals surface area (Å²) < 4.78 is 15.2. The van der Waals surface area contributed by atoms with Gasteiger partial charge in [-0.3, -0.25) is 14.2 Å². The SMILES string of the molecule is O=C(O)CCCCCC(=O)NCc1cccc(-c2ccc([C@H]3O[C@@H](CN4CCC(n5c(=O)[nH]c6ccccc65)CC4)C[C@@H](c4ccc(CO)cc4)O3)cc2)c1. The van der Waals surface area contributed by atoms with Gasteiger partial charge in [0.25, 0.3) is 0 Å². The quantitative estimate of drug-likeness (QED) is 0.0837. The Balaban J connectivity index is 0.989. The lowest BCUT2D eigenvalue weighted by molar-refractivity contribution is -0.253. The third-order valence-electron chi connectivity index (χ3n) is 10.9. The summed E-state index contributed by atoms with van der Waals surface area (Å²) in [5, 5.41) is 21.4. The number of rotatable bonds is 15. The van der Waals surface area contributed by atoms with Crippen LogP contribution in [-0.4, -0.2) is 62.3 Å². The number of hydrogen-bond donors (Lipinski definition) is 4. The number of carboxylic acid groups (broad SMARTS) is 1. The maximum Gasteiger partial charge on any atom is 0.326 e. The molecule has 0 unspecified atom stereocenters. The minimum Gasteiger partial charge on any atom is -0.481 e. The van der Waals surface area contributed by atoms with E-state index in [1.54, 1.807) is 0 Å². The van der Waals surface area contributed by atoms with Gasteiger partial charge in [0.05, 0.1) is 29.8 Å². The largest absolute Gasteiger partial charge is 0.481 e. The Hall–Kier alpha value is -5.07. The summed E-state index contributed by atoms with van der Waals surface area (Å²) in [5.41, 5.74) is 7.68. The van der Waals surface area contributed by atoms with Crippen molar-refractivity contribution in [2.45, 2.75) is 89.1 Å². The number of amides is 1. The molecule has 288 valence electrons. The molecule has 1 aromatic heterocycles. The van der Waals surface area contributed by atoms with Crippen LogP contribution >= 0.6 is 0 Å². The molecule has 0 radical (unpaired) electrons. The number of carboxylic acids is 1. The summed E-state index contributed by atoms with van der Waals surface area (Å²) in [7, 11) is 0. The number of ether oxygens (including phenoxy) is 2. The minimum atomic E-state index is -0.805. The lowest BCUT2D eigenvalue weighted by atomic mass is 9.98. The number of imidazole rings is 1. The molecule has 5 aromatic rings. The molecular formula is C44H50N4O7. The molecule has 2 fully saturated rings. The highest BCUT2D eigenvalue weighted by molar-refractivity contribution is 5.76. The molecule has 0 saturated carbocycles. The molecule has 2 aliphatic heterocycles. The molecule has 2 saturated heterocycles. The average Bonchev–Trinajstić information content (AvgIpc) is 3.55. The van der Waals surface area contributed by atoms with Crippen LogP contribution in [0.2, 0.25) is 0 Å². The van der Waals surface area contributed by atoms with Crippen LogP contribution in [0.15, 0.2) is 102 Å². The Morgan fingerprint density at radius 2 is 1.55 bits per heavy atom. The maximum atomic E-state index is 12.9. The molecule has 7 rings (SSSR count). The van der Waals surface area contributed by atoms with Crippen molar-refractivity contribution in [3.63, 3.8) is 0 Å². The van der Waals surface area contributed by atoms with E-state index in [4.69, 9.17) is 14.6 Å². The van der Waals surface area contributed by atoms with Gasteiger partial charge in [-0.2, -0.15) is 0 Å². The van der Waals surface area contributed by atoms with E-state index < -0.39 is 12.3 Å². The lowest BCUT2D eigenvalue weighted by Gasteiger charge is -2.40. The number of carbonyl (C=O) groups is 2.